The van der Waals surface area contributed by atoms with Crippen LogP contribution in [0.5, 0.6) is 0 Å². The van der Waals surface area contributed by atoms with Crippen LogP contribution in [0, 0.1) is 0 Å². The number of aliphatic hydroxyl groups excluding tert-OH is 1. The molecule has 1 atom stereocenters. The van der Waals surface area contributed by atoms with Crippen molar-refractivity contribution in [3.8, 4) is 0 Å². The van der Waals surface area contributed by atoms with Crippen molar-refractivity contribution in [3.05, 3.63) is 59.1 Å². The van der Waals surface area contributed by atoms with Crippen LogP contribution in [0.3, 0.4) is 0 Å². The number of guanidine groups is 1. The molecule has 0 aliphatic carbocycles. The van der Waals surface area contributed by atoms with Crippen LogP contribution in [0.25, 0.3) is 10.1 Å². The highest BCUT2D eigenvalue weighted by molar-refractivity contribution is 14.0. The fraction of sp³-hybridized carbons (Fsp3) is 0.364. The maximum atomic E-state index is 10.5. The Kier molecular flexibility index (Phi) is 8.29. The first-order valence-electron chi connectivity index (χ1n) is 10.0. The smallest absolute Gasteiger partial charge is 0.191 e. The van der Waals surface area contributed by atoms with Gasteiger partial charge in [-0.25, -0.2) is 4.98 Å². The van der Waals surface area contributed by atoms with Gasteiger partial charge in [0, 0.05) is 49.0 Å². The lowest BCUT2D eigenvalue weighted by atomic mass is 10.2. The van der Waals surface area contributed by atoms with Crippen molar-refractivity contribution in [2.24, 2.45) is 4.99 Å². The molecule has 0 spiro atoms. The fourth-order valence-corrected chi connectivity index (χ4v) is 4.57. The average Bonchev–Trinajstić information content (AvgIpc) is 3.44. The third-order valence-corrected chi connectivity index (χ3v) is 6.38. The molecule has 1 aliphatic rings. The number of nitrogens with one attached hydrogen (secondary N) is 2. The summed E-state index contributed by atoms with van der Waals surface area (Å²) in [7, 11) is 1.73. The Bertz CT molecular complexity index is 936. The Hall–Kier alpha value is -1.91. The average molecular weight is 537 g/mol. The minimum atomic E-state index is -0.577. The zero-order chi connectivity index (χ0) is 20.1. The van der Waals surface area contributed by atoms with E-state index in [2.05, 4.69) is 55.8 Å². The van der Waals surface area contributed by atoms with E-state index in [1.165, 1.54) is 22.9 Å². The lowest BCUT2D eigenvalue weighted by Crippen LogP contribution is -2.38. The molecule has 3 heterocycles. The number of aliphatic hydroxyl groups is 1. The molecule has 30 heavy (non-hydrogen) atoms. The molecule has 0 bridgehead atoms. The molecule has 1 aromatic carbocycles. The molecule has 4 rings (SSSR count). The monoisotopic (exact) mass is 537 g/mol. The lowest BCUT2D eigenvalue weighted by molar-refractivity contribution is 0.184. The zero-order valence-corrected chi connectivity index (χ0v) is 20.2. The Morgan fingerprint density at radius 2 is 2.00 bits per heavy atom. The Balaban J connectivity index is 0.00000256. The second-order valence-corrected chi connectivity index (χ2v) is 8.34. The van der Waals surface area contributed by atoms with E-state index in [0.29, 0.717) is 19.0 Å². The second kappa shape index (κ2) is 10.9. The summed E-state index contributed by atoms with van der Waals surface area (Å²) in [6, 6.07) is 14.4. The van der Waals surface area contributed by atoms with Crippen molar-refractivity contribution in [1.29, 1.82) is 0 Å². The van der Waals surface area contributed by atoms with Gasteiger partial charge in [0.15, 0.2) is 5.96 Å². The molecule has 1 unspecified atom stereocenters. The molecule has 3 aromatic rings. The maximum absolute atomic E-state index is 10.5. The lowest BCUT2D eigenvalue weighted by Gasteiger charge is -2.17. The summed E-state index contributed by atoms with van der Waals surface area (Å²) < 4.78 is 1.19. The van der Waals surface area contributed by atoms with Crippen molar-refractivity contribution in [1.82, 2.24) is 15.6 Å². The number of benzene rings is 1. The van der Waals surface area contributed by atoms with Crippen LogP contribution in [0.1, 0.15) is 29.4 Å². The Morgan fingerprint density at radius 3 is 2.70 bits per heavy atom. The fourth-order valence-electron chi connectivity index (χ4n) is 3.52. The van der Waals surface area contributed by atoms with Crippen LogP contribution in [0.4, 0.5) is 5.82 Å². The van der Waals surface area contributed by atoms with Gasteiger partial charge in [-0.2, -0.15) is 0 Å². The van der Waals surface area contributed by atoms with E-state index in [9.17, 15) is 5.11 Å². The number of hydrogen-bond acceptors (Lipinski definition) is 5. The highest BCUT2D eigenvalue weighted by Gasteiger charge is 2.14. The van der Waals surface area contributed by atoms with E-state index in [0.717, 1.165) is 29.3 Å². The number of aliphatic imine (C=N–C) groups is 1. The van der Waals surface area contributed by atoms with Crippen molar-refractivity contribution < 1.29 is 5.11 Å². The SMILES string of the molecule is CN=C(NCc1ccc(N2CCCC2)nc1)NCC(O)c1cc2ccccc2s1.I. The Labute approximate surface area is 198 Å². The standard InChI is InChI=1S/C22H27N5OS.HI/c1-23-22(25-14-16-8-9-21(24-13-16)27-10-4-5-11-27)26-15-18(28)20-12-17-6-2-3-7-19(17)29-20;/h2-3,6-9,12-13,18,28H,4-5,10-11,14-15H2,1H3,(H2,23,25,26);1H. The van der Waals surface area contributed by atoms with E-state index >= 15 is 0 Å². The third-order valence-electron chi connectivity index (χ3n) is 5.16. The van der Waals surface area contributed by atoms with Gasteiger partial charge in [-0.1, -0.05) is 24.3 Å². The maximum Gasteiger partial charge on any atom is 0.191 e. The second-order valence-electron chi connectivity index (χ2n) is 7.23. The van der Waals surface area contributed by atoms with E-state index in [-0.39, 0.29) is 24.0 Å². The molecule has 1 saturated heterocycles. The number of rotatable bonds is 6. The third kappa shape index (κ3) is 5.61. The first-order chi connectivity index (χ1) is 14.2. The van der Waals surface area contributed by atoms with Crippen LogP contribution in [0.15, 0.2) is 53.7 Å². The summed E-state index contributed by atoms with van der Waals surface area (Å²) >= 11 is 1.62. The molecular formula is C22H28IN5OS. The molecule has 2 aromatic heterocycles. The zero-order valence-electron chi connectivity index (χ0n) is 17.0. The van der Waals surface area contributed by atoms with E-state index in [1.807, 2.05) is 18.3 Å². The molecule has 1 fully saturated rings. The first-order valence-corrected chi connectivity index (χ1v) is 10.9. The molecule has 0 amide bonds. The molecule has 8 heteroatoms. The number of halogens is 1. The summed E-state index contributed by atoms with van der Waals surface area (Å²) in [5.74, 6) is 1.72. The predicted octanol–water partition coefficient (Wildman–Crippen LogP) is 3.91. The number of hydrogen-bond donors (Lipinski definition) is 3. The van der Waals surface area contributed by atoms with Gasteiger partial charge in [0.05, 0.1) is 0 Å². The van der Waals surface area contributed by atoms with E-state index in [4.69, 9.17) is 0 Å². The van der Waals surface area contributed by atoms with Gasteiger partial charge >= 0.3 is 0 Å². The largest absolute Gasteiger partial charge is 0.386 e. The number of anilines is 1. The van der Waals surface area contributed by atoms with Gasteiger partial charge in [0.2, 0.25) is 0 Å². The molecule has 3 N–H and O–H groups in total. The van der Waals surface area contributed by atoms with Crippen LogP contribution < -0.4 is 15.5 Å². The van der Waals surface area contributed by atoms with Crippen LogP contribution in [-0.2, 0) is 6.54 Å². The van der Waals surface area contributed by atoms with Crippen molar-refractivity contribution >= 4 is 57.2 Å². The van der Waals surface area contributed by atoms with Gasteiger partial charge in [-0.3, -0.25) is 4.99 Å². The number of nitrogens with zero attached hydrogens (tertiary/aromatic N) is 3. The van der Waals surface area contributed by atoms with Gasteiger partial charge in [0.25, 0.3) is 0 Å². The van der Waals surface area contributed by atoms with Gasteiger partial charge in [0.1, 0.15) is 11.9 Å². The highest BCUT2D eigenvalue weighted by atomic mass is 127. The van der Waals surface area contributed by atoms with Crippen LogP contribution in [-0.4, -0.2) is 42.7 Å². The van der Waals surface area contributed by atoms with Crippen molar-refractivity contribution in [3.63, 3.8) is 0 Å². The first kappa shape index (κ1) is 22.8. The summed E-state index contributed by atoms with van der Waals surface area (Å²) in [5.41, 5.74) is 1.10. The number of thiophene rings is 1. The summed E-state index contributed by atoms with van der Waals surface area (Å²) in [6.07, 6.45) is 3.84. The molecule has 6 nitrogen and oxygen atoms in total. The van der Waals surface area contributed by atoms with Crippen LogP contribution >= 0.6 is 35.3 Å². The molecule has 1 aliphatic heterocycles. The van der Waals surface area contributed by atoms with Gasteiger partial charge in [-0.15, -0.1) is 35.3 Å². The van der Waals surface area contributed by atoms with E-state index in [1.54, 1.807) is 18.4 Å². The molecule has 0 saturated carbocycles. The molecule has 160 valence electrons. The predicted molar refractivity (Wildman–Crippen MR) is 136 cm³/mol. The summed E-state index contributed by atoms with van der Waals surface area (Å²) in [4.78, 5) is 12.1. The summed E-state index contributed by atoms with van der Waals surface area (Å²) in [5, 5.41) is 18.2. The topological polar surface area (TPSA) is 72.8 Å². The van der Waals surface area contributed by atoms with Gasteiger partial charge < -0.3 is 20.6 Å². The number of fused-ring (bicyclic) bond motifs is 1. The quantitative estimate of drug-likeness (QED) is 0.253. The minimum absolute atomic E-state index is 0. The number of pyridine rings is 1. The van der Waals surface area contributed by atoms with Crippen molar-refractivity contribution in [2.45, 2.75) is 25.5 Å². The number of aromatic nitrogens is 1. The highest BCUT2D eigenvalue weighted by Crippen LogP contribution is 2.29. The van der Waals surface area contributed by atoms with Crippen molar-refractivity contribution in [2.75, 3.05) is 31.6 Å². The van der Waals surface area contributed by atoms with Crippen LogP contribution in [0.2, 0.25) is 0 Å². The van der Waals surface area contributed by atoms with E-state index < -0.39 is 6.10 Å². The molecular weight excluding hydrogens is 509 g/mol. The molecule has 0 radical (unpaired) electrons. The Morgan fingerprint density at radius 1 is 1.20 bits per heavy atom. The minimum Gasteiger partial charge on any atom is -0.386 e. The normalized spacial score (nSPS) is 15.1. The summed E-state index contributed by atoms with van der Waals surface area (Å²) in [6.45, 7) is 3.23. The van der Waals surface area contributed by atoms with Gasteiger partial charge in [-0.05, 0) is 42.0 Å².